The Morgan fingerprint density at radius 3 is 2.30 bits per heavy atom. The number of imide groups is 1. The molecule has 0 aromatic heterocycles. The van der Waals surface area contributed by atoms with Crippen molar-refractivity contribution in [2.24, 2.45) is 0 Å². The van der Waals surface area contributed by atoms with E-state index in [1.807, 2.05) is 0 Å². The van der Waals surface area contributed by atoms with Gasteiger partial charge in [0.05, 0.1) is 4.90 Å². The largest absolute Gasteiger partial charge is 0.288 e. The van der Waals surface area contributed by atoms with E-state index in [9.17, 15) is 18.0 Å². The van der Waals surface area contributed by atoms with Crippen LogP contribution in [0.3, 0.4) is 0 Å². The normalized spacial score (nSPS) is 14.4. The second-order valence-corrected chi connectivity index (χ2v) is 7.19. The summed E-state index contributed by atoms with van der Waals surface area (Å²) >= 11 is 0. The Morgan fingerprint density at radius 1 is 1.00 bits per heavy atom. The Labute approximate surface area is 134 Å². The number of carbonyl (C=O) groups excluding carboxylic acids is 2. The summed E-state index contributed by atoms with van der Waals surface area (Å²) in [6.07, 6.45) is 0. The smallest absolute Gasteiger partial charge is 0.258 e. The molecule has 2 aromatic carbocycles. The van der Waals surface area contributed by atoms with Gasteiger partial charge < -0.3 is 0 Å². The molecule has 0 atom stereocenters. The second-order valence-electron chi connectivity index (χ2n) is 5.25. The van der Waals surface area contributed by atoms with Crippen molar-refractivity contribution in [1.29, 1.82) is 0 Å². The minimum absolute atomic E-state index is 0.0605. The van der Waals surface area contributed by atoms with Crippen LogP contribution in [0.1, 0.15) is 34.6 Å². The lowest BCUT2D eigenvalue weighted by Crippen LogP contribution is -2.35. The van der Waals surface area contributed by atoms with Crippen molar-refractivity contribution in [3.8, 4) is 0 Å². The molecule has 0 saturated heterocycles. The van der Waals surface area contributed by atoms with E-state index in [2.05, 4.69) is 5.32 Å². The van der Waals surface area contributed by atoms with E-state index in [4.69, 9.17) is 0 Å². The quantitative estimate of drug-likeness (QED) is 0.865. The third-order valence-corrected chi connectivity index (χ3v) is 6.04. The number of hydrogen-bond acceptors (Lipinski definition) is 4. The van der Waals surface area contributed by atoms with Gasteiger partial charge >= 0.3 is 0 Å². The monoisotopic (exact) mass is 332 g/mol. The number of hydrogen-bond donors (Lipinski definition) is 1. The third kappa shape index (κ3) is 2.32. The van der Waals surface area contributed by atoms with Gasteiger partial charge in [-0.15, -0.1) is 0 Å². The maximum absolute atomic E-state index is 12.7. The highest BCUT2D eigenvalue weighted by atomic mass is 32.2. The van der Waals surface area contributed by atoms with Gasteiger partial charge in [0, 0.05) is 29.6 Å². The fraction of sp³-hybridized carbons (Fsp3) is 0.250. The topological polar surface area (TPSA) is 83.6 Å². The van der Waals surface area contributed by atoms with Crippen LogP contribution in [0.4, 0.5) is 0 Å². The molecular formula is C16H16N2O4S. The zero-order valence-electron chi connectivity index (χ0n) is 12.8. The number of nitrogens with one attached hydrogen (secondary N) is 1. The molecule has 0 saturated carbocycles. The molecule has 120 valence electrons. The first-order valence-corrected chi connectivity index (χ1v) is 8.76. The van der Waals surface area contributed by atoms with Crippen LogP contribution < -0.4 is 5.32 Å². The van der Waals surface area contributed by atoms with Gasteiger partial charge in [-0.1, -0.05) is 26.0 Å². The Morgan fingerprint density at radius 2 is 1.65 bits per heavy atom. The molecule has 0 bridgehead atoms. The Balaban J connectivity index is 2.32. The SMILES string of the molecule is CCN(CC)S(=O)(=O)c1cc2c3c(cccc3c1)C(=O)NC2=O. The number of amides is 2. The minimum atomic E-state index is -3.68. The molecule has 6 nitrogen and oxygen atoms in total. The number of sulfonamides is 1. The highest BCUT2D eigenvalue weighted by molar-refractivity contribution is 7.89. The molecule has 0 unspecified atom stereocenters. The van der Waals surface area contributed by atoms with Gasteiger partial charge in [0.25, 0.3) is 11.8 Å². The van der Waals surface area contributed by atoms with Gasteiger partial charge in [-0.3, -0.25) is 14.9 Å². The van der Waals surface area contributed by atoms with E-state index < -0.39 is 21.8 Å². The lowest BCUT2D eigenvalue weighted by molar-refractivity contribution is 0.0845. The fourth-order valence-corrected chi connectivity index (χ4v) is 4.39. The lowest BCUT2D eigenvalue weighted by Gasteiger charge is -2.21. The van der Waals surface area contributed by atoms with Crippen molar-refractivity contribution < 1.29 is 18.0 Å². The first-order valence-electron chi connectivity index (χ1n) is 7.32. The maximum atomic E-state index is 12.7. The first kappa shape index (κ1) is 15.6. The molecule has 3 rings (SSSR count). The molecule has 2 amide bonds. The standard InChI is InChI=1S/C16H16N2O4S/c1-3-18(4-2)23(21,22)11-8-10-6-5-7-12-14(10)13(9-11)16(20)17-15(12)19/h5-9H,3-4H2,1-2H3,(H,17,19,20). The molecule has 1 heterocycles. The lowest BCUT2D eigenvalue weighted by atomic mass is 9.95. The Kier molecular flexibility index (Phi) is 3.69. The highest BCUT2D eigenvalue weighted by Gasteiger charge is 2.29. The summed E-state index contributed by atoms with van der Waals surface area (Å²) in [5, 5.41) is 3.31. The molecule has 2 aromatic rings. The van der Waals surface area contributed by atoms with Crippen LogP contribution in [0.5, 0.6) is 0 Å². The summed E-state index contributed by atoms with van der Waals surface area (Å²) in [4.78, 5) is 24.1. The average Bonchev–Trinajstić information content (AvgIpc) is 2.52. The van der Waals surface area contributed by atoms with Gasteiger partial charge in [-0.05, 0) is 23.6 Å². The molecule has 0 spiro atoms. The zero-order chi connectivity index (χ0) is 16.8. The van der Waals surface area contributed by atoms with Crippen LogP contribution in [-0.2, 0) is 10.0 Å². The molecule has 7 heteroatoms. The van der Waals surface area contributed by atoms with Crippen LogP contribution >= 0.6 is 0 Å². The van der Waals surface area contributed by atoms with Crippen molar-refractivity contribution in [2.75, 3.05) is 13.1 Å². The van der Waals surface area contributed by atoms with E-state index in [-0.39, 0.29) is 10.5 Å². The predicted molar refractivity (Wildman–Crippen MR) is 85.9 cm³/mol. The van der Waals surface area contributed by atoms with Crippen molar-refractivity contribution in [3.63, 3.8) is 0 Å². The molecule has 1 aliphatic heterocycles. The molecular weight excluding hydrogens is 316 g/mol. The number of rotatable bonds is 4. The summed E-state index contributed by atoms with van der Waals surface area (Å²) in [6, 6.07) is 7.86. The van der Waals surface area contributed by atoms with Crippen molar-refractivity contribution >= 4 is 32.6 Å². The van der Waals surface area contributed by atoms with Gasteiger partial charge in [-0.2, -0.15) is 4.31 Å². The number of benzene rings is 2. The molecule has 1 aliphatic rings. The summed E-state index contributed by atoms with van der Waals surface area (Å²) in [5.41, 5.74) is 0.590. The molecule has 0 fully saturated rings. The van der Waals surface area contributed by atoms with Crippen molar-refractivity contribution in [2.45, 2.75) is 18.7 Å². The van der Waals surface area contributed by atoms with Gasteiger partial charge in [-0.25, -0.2) is 8.42 Å². The molecule has 1 N–H and O–H groups in total. The summed E-state index contributed by atoms with van der Waals surface area (Å²) in [5.74, 6) is -1.04. The fourth-order valence-electron chi connectivity index (χ4n) is 2.87. The molecule has 23 heavy (non-hydrogen) atoms. The first-order chi connectivity index (χ1) is 10.9. The van der Waals surface area contributed by atoms with E-state index in [0.29, 0.717) is 29.4 Å². The summed E-state index contributed by atoms with van der Waals surface area (Å²) in [6.45, 7) is 4.21. The van der Waals surface area contributed by atoms with Crippen molar-refractivity contribution in [1.82, 2.24) is 9.62 Å². The Bertz CT molecular complexity index is 930. The van der Waals surface area contributed by atoms with E-state index >= 15 is 0 Å². The Hall–Kier alpha value is -2.25. The van der Waals surface area contributed by atoms with Crippen LogP contribution in [0, 0.1) is 0 Å². The predicted octanol–water partition coefficient (Wildman–Crippen LogP) is 1.75. The maximum Gasteiger partial charge on any atom is 0.258 e. The van der Waals surface area contributed by atoms with Crippen LogP contribution in [0.25, 0.3) is 10.8 Å². The van der Waals surface area contributed by atoms with Gasteiger partial charge in [0.15, 0.2) is 0 Å². The van der Waals surface area contributed by atoms with E-state index in [0.717, 1.165) is 0 Å². The average molecular weight is 332 g/mol. The molecule has 0 aliphatic carbocycles. The minimum Gasteiger partial charge on any atom is -0.288 e. The van der Waals surface area contributed by atoms with Gasteiger partial charge in [0.1, 0.15) is 0 Å². The van der Waals surface area contributed by atoms with Crippen LogP contribution in [0.15, 0.2) is 35.2 Å². The van der Waals surface area contributed by atoms with E-state index in [1.165, 1.54) is 16.4 Å². The van der Waals surface area contributed by atoms with Gasteiger partial charge in [0.2, 0.25) is 10.0 Å². The second kappa shape index (κ2) is 5.43. The number of nitrogens with zero attached hydrogens (tertiary/aromatic N) is 1. The summed E-state index contributed by atoms with van der Waals surface area (Å²) < 4.78 is 26.7. The number of carbonyl (C=O) groups is 2. The van der Waals surface area contributed by atoms with Crippen molar-refractivity contribution in [3.05, 3.63) is 41.5 Å². The highest BCUT2D eigenvalue weighted by Crippen LogP contribution is 2.30. The zero-order valence-corrected chi connectivity index (χ0v) is 13.6. The van der Waals surface area contributed by atoms with Crippen LogP contribution in [0.2, 0.25) is 0 Å². The van der Waals surface area contributed by atoms with E-state index in [1.54, 1.807) is 32.0 Å². The molecule has 0 radical (unpaired) electrons. The summed E-state index contributed by atoms with van der Waals surface area (Å²) in [7, 11) is -3.68. The third-order valence-electron chi connectivity index (χ3n) is 4.01. The van der Waals surface area contributed by atoms with Crippen LogP contribution in [-0.4, -0.2) is 37.6 Å².